The first-order valence-electron chi connectivity index (χ1n) is 5.83. The molecule has 1 saturated heterocycles. The van der Waals surface area contributed by atoms with Crippen molar-refractivity contribution >= 4 is 6.09 Å². The summed E-state index contributed by atoms with van der Waals surface area (Å²) in [6.45, 7) is 8.95. The Labute approximate surface area is 102 Å². The number of amides is 1. The summed E-state index contributed by atoms with van der Waals surface area (Å²) < 4.78 is 18.8. The maximum Gasteiger partial charge on any atom is 0.410 e. The summed E-state index contributed by atoms with van der Waals surface area (Å²) in [6.07, 6.45) is -2.99. The van der Waals surface area contributed by atoms with Crippen LogP contribution >= 0.6 is 0 Å². The molecule has 1 heterocycles. The van der Waals surface area contributed by atoms with E-state index in [1.54, 1.807) is 34.6 Å². The van der Waals surface area contributed by atoms with Gasteiger partial charge in [-0.25, -0.2) is 9.18 Å². The Balaban J connectivity index is 2.71. The fourth-order valence-electron chi connectivity index (χ4n) is 1.92. The van der Waals surface area contributed by atoms with Gasteiger partial charge in [-0.05, 0) is 20.8 Å². The molecule has 1 aliphatic rings. The van der Waals surface area contributed by atoms with Gasteiger partial charge in [-0.3, -0.25) is 0 Å². The smallest absolute Gasteiger partial charge is 0.410 e. The number of halogens is 1. The third kappa shape index (κ3) is 3.56. The SMILES string of the molecule is CC(C)(C)OC(=O)N1CC(F)[C@@H](O)C(C)(C)C1. The topological polar surface area (TPSA) is 49.8 Å². The van der Waals surface area contributed by atoms with Crippen LogP contribution in [0.15, 0.2) is 0 Å². The summed E-state index contributed by atoms with van der Waals surface area (Å²) >= 11 is 0. The molecular weight excluding hydrogens is 225 g/mol. The lowest BCUT2D eigenvalue weighted by Crippen LogP contribution is -2.57. The number of nitrogens with zero attached hydrogens (tertiary/aromatic N) is 1. The minimum Gasteiger partial charge on any atom is -0.444 e. The average molecular weight is 247 g/mol. The highest BCUT2D eigenvalue weighted by molar-refractivity contribution is 5.68. The van der Waals surface area contributed by atoms with E-state index in [0.29, 0.717) is 6.54 Å². The quantitative estimate of drug-likeness (QED) is 0.712. The third-order valence-corrected chi connectivity index (χ3v) is 2.79. The second-order valence-electron chi connectivity index (χ2n) is 6.31. The van der Waals surface area contributed by atoms with Gasteiger partial charge in [-0.15, -0.1) is 0 Å². The molecule has 0 saturated carbocycles. The number of carbonyl (C=O) groups is 1. The highest BCUT2D eigenvalue weighted by Gasteiger charge is 2.44. The highest BCUT2D eigenvalue weighted by atomic mass is 19.1. The zero-order valence-electron chi connectivity index (χ0n) is 11.2. The van der Waals surface area contributed by atoms with Gasteiger partial charge in [0.05, 0.1) is 12.6 Å². The zero-order chi connectivity index (χ0) is 13.4. The van der Waals surface area contributed by atoms with Crippen LogP contribution in [0.2, 0.25) is 0 Å². The lowest BCUT2D eigenvalue weighted by molar-refractivity contribution is -0.0803. The van der Waals surface area contributed by atoms with Crippen molar-refractivity contribution in [2.75, 3.05) is 13.1 Å². The van der Waals surface area contributed by atoms with E-state index in [2.05, 4.69) is 0 Å². The number of ether oxygens (including phenoxy) is 1. The van der Waals surface area contributed by atoms with Crippen molar-refractivity contribution in [3.05, 3.63) is 0 Å². The van der Waals surface area contributed by atoms with E-state index in [9.17, 15) is 14.3 Å². The van der Waals surface area contributed by atoms with E-state index in [4.69, 9.17) is 4.74 Å². The third-order valence-electron chi connectivity index (χ3n) is 2.79. The summed E-state index contributed by atoms with van der Waals surface area (Å²) in [6, 6.07) is 0. The fourth-order valence-corrected chi connectivity index (χ4v) is 1.92. The van der Waals surface area contributed by atoms with Crippen molar-refractivity contribution in [1.82, 2.24) is 4.90 Å². The van der Waals surface area contributed by atoms with Crippen LogP contribution in [0.3, 0.4) is 0 Å². The summed E-state index contributed by atoms with van der Waals surface area (Å²) in [5.74, 6) is 0. The van der Waals surface area contributed by atoms with Crippen LogP contribution in [0.4, 0.5) is 9.18 Å². The largest absolute Gasteiger partial charge is 0.444 e. The molecule has 4 nitrogen and oxygen atoms in total. The summed E-state index contributed by atoms with van der Waals surface area (Å²) in [7, 11) is 0. The maximum absolute atomic E-state index is 13.6. The van der Waals surface area contributed by atoms with Crippen molar-refractivity contribution in [2.24, 2.45) is 5.41 Å². The first-order valence-corrected chi connectivity index (χ1v) is 5.83. The van der Waals surface area contributed by atoms with Crippen LogP contribution in [-0.4, -0.2) is 47.1 Å². The van der Waals surface area contributed by atoms with Crippen LogP contribution in [0, 0.1) is 5.41 Å². The number of hydrogen-bond acceptors (Lipinski definition) is 3. The van der Waals surface area contributed by atoms with Gasteiger partial charge in [0.25, 0.3) is 0 Å². The molecule has 5 heteroatoms. The van der Waals surface area contributed by atoms with E-state index >= 15 is 0 Å². The van der Waals surface area contributed by atoms with E-state index in [-0.39, 0.29) is 6.54 Å². The Kier molecular flexibility index (Phi) is 3.72. The summed E-state index contributed by atoms with van der Waals surface area (Å²) in [5.41, 5.74) is -1.25. The monoisotopic (exact) mass is 247 g/mol. The number of alkyl halides is 1. The molecule has 2 atom stereocenters. The lowest BCUT2D eigenvalue weighted by Gasteiger charge is -2.43. The first-order chi connectivity index (χ1) is 7.53. The first kappa shape index (κ1) is 14.2. The van der Waals surface area contributed by atoms with Gasteiger partial charge in [0.1, 0.15) is 11.8 Å². The van der Waals surface area contributed by atoms with Gasteiger partial charge in [-0.1, -0.05) is 13.8 Å². The second-order valence-corrected chi connectivity index (χ2v) is 6.31. The zero-order valence-corrected chi connectivity index (χ0v) is 11.2. The molecule has 1 amide bonds. The van der Waals surface area contributed by atoms with E-state index in [1.807, 2.05) is 0 Å². The maximum atomic E-state index is 13.6. The Morgan fingerprint density at radius 2 is 2.00 bits per heavy atom. The molecule has 1 fully saturated rings. The molecule has 1 N–H and O–H groups in total. The van der Waals surface area contributed by atoms with Gasteiger partial charge in [0, 0.05) is 12.0 Å². The Morgan fingerprint density at radius 3 is 2.41 bits per heavy atom. The van der Waals surface area contributed by atoms with Gasteiger partial charge in [-0.2, -0.15) is 0 Å². The Morgan fingerprint density at radius 1 is 1.47 bits per heavy atom. The molecule has 1 unspecified atom stereocenters. The minimum absolute atomic E-state index is 0.112. The molecule has 100 valence electrons. The average Bonchev–Trinajstić information content (AvgIpc) is 2.10. The second kappa shape index (κ2) is 4.44. The highest BCUT2D eigenvalue weighted by Crippen LogP contribution is 2.31. The number of carbonyl (C=O) groups excluding carboxylic acids is 1. The van der Waals surface area contributed by atoms with Crippen LogP contribution in [0.1, 0.15) is 34.6 Å². The number of hydrogen-bond donors (Lipinski definition) is 1. The van der Waals surface area contributed by atoms with Crippen LogP contribution in [0.25, 0.3) is 0 Å². The molecule has 0 radical (unpaired) electrons. The van der Waals surface area contributed by atoms with Crippen molar-refractivity contribution in [2.45, 2.75) is 52.5 Å². The van der Waals surface area contributed by atoms with E-state index in [1.165, 1.54) is 4.90 Å². The minimum atomic E-state index is -1.42. The number of aliphatic hydroxyl groups excluding tert-OH is 1. The molecular formula is C12H22FNO3. The van der Waals surface area contributed by atoms with E-state index in [0.717, 1.165) is 0 Å². The molecule has 0 aromatic carbocycles. The molecule has 1 rings (SSSR count). The Bertz CT molecular complexity index is 299. The van der Waals surface area contributed by atoms with Gasteiger partial charge >= 0.3 is 6.09 Å². The fraction of sp³-hybridized carbons (Fsp3) is 0.917. The molecule has 0 aromatic rings. The predicted octanol–water partition coefficient (Wildman–Crippen LogP) is 1.96. The summed E-state index contributed by atoms with van der Waals surface area (Å²) in [5, 5.41) is 9.68. The van der Waals surface area contributed by atoms with Crippen molar-refractivity contribution < 1.29 is 19.0 Å². The van der Waals surface area contributed by atoms with E-state index < -0.39 is 29.4 Å². The number of piperidine rings is 1. The summed E-state index contributed by atoms with van der Waals surface area (Å²) in [4.78, 5) is 13.1. The van der Waals surface area contributed by atoms with Gasteiger partial charge in [0.2, 0.25) is 0 Å². The van der Waals surface area contributed by atoms with Gasteiger partial charge in [0.15, 0.2) is 0 Å². The number of aliphatic hydroxyl groups is 1. The molecule has 1 aliphatic heterocycles. The number of rotatable bonds is 0. The van der Waals surface area contributed by atoms with Crippen molar-refractivity contribution in [1.29, 1.82) is 0 Å². The van der Waals surface area contributed by atoms with Crippen LogP contribution < -0.4 is 0 Å². The molecule has 17 heavy (non-hydrogen) atoms. The number of likely N-dealkylation sites (tertiary alicyclic amines) is 1. The molecule has 0 aliphatic carbocycles. The normalized spacial score (nSPS) is 29.0. The lowest BCUT2D eigenvalue weighted by atomic mass is 9.80. The van der Waals surface area contributed by atoms with Crippen molar-refractivity contribution in [3.63, 3.8) is 0 Å². The molecule has 0 aromatic heterocycles. The molecule has 0 spiro atoms. The standard InChI is InChI=1S/C12H22FNO3/c1-11(2,3)17-10(16)14-6-8(13)9(15)12(4,5)7-14/h8-9,15H,6-7H2,1-5H3/t8?,9-/m1/s1. The molecule has 0 bridgehead atoms. The Hall–Kier alpha value is -0.840. The van der Waals surface area contributed by atoms with Crippen LogP contribution in [0.5, 0.6) is 0 Å². The van der Waals surface area contributed by atoms with Crippen molar-refractivity contribution in [3.8, 4) is 0 Å². The van der Waals surface area contributed by atoms with Crippen LogP contribution in [-0.2, 0) is 4.74 Å². The van der Waals surface area contributed by atoms with Gasteiger partial charge < -0.3 is 14.7 Å². The predicted molar refractivity (Wildman–Crippen MR) is 62.5 cm³/mol.